The van der Waals surface area contributed by atoms with Crippen LogP contribution in [0.2, 0.25) is 0 Å². The van der Waals surface area contributed by atoms with Crippen molar-refractivity contribution in [3.8, 4) is 0 Å². The van der Waals surface area contributed by atoms with Crippen molar-refractivity contribution in [3.05, 3.63) is 28.5 Å². The minimum absolute atomic E-state index is 0.206. The zero-order valence-corrected chi connectivity index (χ0v) is 11.1. The summed E-state index contributed by atoms with van der Waals surface area (Å²) in [4.78, 5) is 17.0. The number of hydrogen-bond acceptors (Lipinski definition) is 3. The van der Waals surface area contributed by atoms with E-state index in [0.29, 0.717) is 12.6 Å². The summed E-state index contributed by atoms with van der Waals surface area (Å²) in [6.45, 7) is 1.40. The molecule has 1 fully saturated rings. The fourth-order valence-corrected chi connectivity index (χ4v) is 2.26. The molecule has 17 heavy (non-hydrogen) atoms. The molecule has 92 valence electrons. The molecule has 1 aliphatic carbocycles. The molecule has 1 aliphatic rings. The predicted octanol–water partition coefficient (Wildman–Crippen LogP) is 2.28. The van der Waals surface area contributed by atoms with Crippen molar-refractivity contribution >= 4 is 21.9 Å². The summed E-state index contributed by atoms with van der Waals surface area (Å²) >= 11 is 3.39. The Morgan fingerprint density at radius 3 is 2.88 bits per heavy atom. The second-order valence-electron chi connectivity index (χ2n) is 4.36. The van der Waals surface area contributed by atoms with E-state index in [1.165, 1.54) is 12.8 Å². The molecule has 0 bridgehead atoms. The Kier molecular flexibility index (Phi) is 4.12. The average Bonchev–Trinajstić information content (AvgIpc) is 3.07. The smallest absolute Gasteiger partial charge is 0.304 e. The highest BCUT2D eigenvalue weighted by molar-refractivity contribution is 9.10. The van der Waals surface area contributed by atoms with Crippen LogP contribution in [-0.4, -0.2) is 33.5 Å². The molecule has 1 saturated carbocycles. The van der Waals surface area contributed by atoms with E-state index in [1.807, 2.05) is 12.3 Å². The van der Waals surface area contributed by atoms with Gasteiger partial charge in [0, 0.05) is 36.0 Å². The Balaban J connectivity index is 1.95. The van der Waals surface area contributed by atoms with Crippen LogP contribution in [0.1, 0.15) is 24.8 Å². The van der Waals surface area contributed by atoms with Gasteiger partial charge < -0.3 is 5.11 Å². The molecule has 0 radical (unpaired) electrons. The van der Waals surface area contributed by atoms with Crippen LogP contribution >= 0.6 is 15.9 Å². The summed E-state index contributed by atoms with van der Waals surface area (Å²) in [5, 5.41) is 8.73. The normalized spacial score (nSPS) is 15.2. The Morgan fingerprint density at radius 2 is 2.29 bits per heavy atom. The number of aromatic nitrogens is 1. The third-order valence-corrected chi connectivity index (χ3v) is 3.26. The summed E-state index contributed by atoms with van der Waals surface area (Å²) < 4.78 is 0.962. The van der Waals surface area contributed by atoms with Crippen LogP contribution < -0.4 is 0 Å². The SMILES string of the molecule is O=C(O)CCN(Cc1cncc(Br)c1)C1CC1. The second-order valence-corrected chi connectivity index (χ2v) is 5.27. The zero-order chi connectivity index (χ0) is 12.3. The Morgan fingerprint density at radius 1 is 1.53 bits per heavy atom. The number of carboxylic acid groups (broad SMARTS) is 1. The fraction of sp³-hybridized carbons (Fsp3) is 0.500. The summed E-state index contributed by atoms with van der Waals surface area (Å²) in [6.07, 6.45) is 6.16. The summed E-state index contributed by atoms with van der Waals surface area (Å²) in [7, 11) is 0. The fourth-order valence-electron chi connectivity index (χ4n) is 1.85. The molecular weight excluding hydrogens is 284 g/mol. The topological polar surface area (TPSA) is 53.4 Å². The van der Waals surface area contributed by atoms with E-state index >= 15 is 0 Å². The minimum atomic E-state index is -0.733. The van der Waals surface area contributed by atoms with Crippen LogP contribution in [0.4, 0.5) is 0 Å². The molecule has 1 aromatic rings. The molecule has 0 saturated heterocycles. The van der Waals surface area contributed by atoms with Gasteiger partial charge in [0.05, 0.1) is 6.42 Å². The molecule has 0 amide bonds. The Hall–Kier alpha value is -0.940. The first-order valence-electron chi connectivity index (χ1n) is 5.70. The van der Waals surface area contributed by atoms with E-state index in [4.69, 9.17) is 5.11 Å². The zero-order valence-electron chi connectivity index (χ0n) is 9.47. The first-order valence-corrected chi connectivity index (χ1v) is 6.50. The van der Waals surface area contributed by atoms with Gasteiger partial charge in [-0.05, 0) is 40.4 Å². The lowest BCUT2D eigenvalue weighted by atomic mass is 10.2. The largest absolute Gasteiger partial charge is 0.481 e. The molecule has 0 aliphatic heterocycles. The summed E-state index contributed by atoms with van der Waals surface area (Å²) in [6, 6.07) is 2.59. The van der Waals surface area contributed by atoms with Gasteiger partial charge in [0.2, 0.25) is 0 Å². The Bertz CT molecular complexity index is 407. The summed E-state index contributed by atoms with van der Waals surface area (Å²) in [5.41, 5.74) is 1.12. The maximum Gasteiger partial charge on any atom is 0.304 e. The molecule has 0 unspecified atom stereocenters. The number of hydrogen-bond donors (Lipinski definition) is 1. The summed E-state index contributed by atoms with van der Waals surface area (Å²) in [5.74, 6) is -0.733. The van der Waals surface area contributed by atoms with E-state index in [9.17, 15) is 4.79 Å². The third kappa shape index (κ3) is 4.09. The number of aliphatic carboxylic acids is 1. The van der Waals surface area contributed by atoms with Gasteiger partial charge in [-0.2, -0.15) is 0 Å². The van der Waals surface area contributed by atoms with E-state index in [2.05, 4.69) is 25.8 Å². The molecule has 0 aromatic carbocycles. The van der Waals surface area contributed by atoms with Gasteiger partial charge in [0.15, 0.2) is 0 Å². The van der Waals surface area contributed by atoms with Gasteiger partial charge in [0.1, 0.15) is 0 Å². The minimum Gasteiger partial charge on any atom is -0.481 e. The van der Waals surface area contributed by atoms with Crippen LogP contribution in [0.3, 0.4) is 0 Å². The molecule has 0 spiro atoms. The lowest BCUT2D eigenvalue weighted by Gasteiger charge is -2.20. The van der Waals surface area contributed by atoms with E-state index in [1.54, 1.807) is 6.20 Å². The van der Waals surface area contributed by atoms with Crippen LogP contribution in [-0.2, 0) is 11.3 Å². The average molecular weight is 299 g/mol. The van der Waals surface area contributed by atoms with Crippen LogP contribution in [0.15, 0.2) is 22.9 Å². The van der Waals surface area contributed by atoms with E-state index in [0.717, 1.165) is 16.6 Å². The maximum atomic E-state index is 10.6. The van der Waals surface area contributed by atoms with Gasteiger partial charge >= 0.3 is 5.97 Å². The predicted molar refractivity (Wildman–Crippen MR) is 67.6 cm³/mol. The first-order chi connectivity index (χ1) is 8.15. The number of carbonyl (C=O) groups is 1. The molecule has 5 heteroatoms. The van der Waals surface area contributed by atoms with Crippen molar-refractivity contribution in [1.29, 1.82) is 0 Å². The number of pyridine rings is 1. The van der Waals surface area contributed by atoms with Gasteiger partial charge in [0.25, 0.3) is 0 Å². The van der Waals surface area contributed by atoms with Crippen molar-refractivity contribution in [3.63, 3.8) is 0 Å². The standard InChI is InChI=1S/C12H15BrN2O2/c13-10-5-9(6-14-7-10)8-15(11-1-2-11)4-3-12(16)17/h5-7,11H,1-4,8H2,(H,16,17). The molecule has 1 heterocycles. The molecule has 0 atom stereocenters. The van der Waals surface area contributed by atoms with Gasteiger partial charge in [-0.1, -0.05) is 0 Å². The lowest BCUT2D eigenvalue weighted by Crippen LogP contribution is -2.28. The van der Waals surface area contributed by atoms with E-state index < -0.39 is 5.97 Å². The number of nitrogens with zero attached hydrogens (tertiary/aromatic N) is 2. The second kappa shape index (κ2) is 5.60. The highest BCUT2D eigenvalue weighted by Crippen LogP contribution is 2.28. The first kappa shape index (κ1) is 12.5. The number of halogens is 1. The lowest BCUT2D eigenvalue weighted by molar-refractivity contribution is -0.137. The van der Waals surface area contributed by atoms with Crippen molar-refractivity contribution in [1.82, 2.24) is 9.88 Å². The monoisotopic (exact) mass is 298 g/mol. The van der Waals surface area contributed by atoms with Crippen molar-refractivity contribution < 1.29 is 9.90 Å². The van der Waals surface area contributed by atoms with Crippen molar-refractivity contribution in [2.24, 2.45) is 0 Å². The van der Waals surface area contributed by atoms with Gasteiger partial charge in [-0.15, -0.1) is 0 Å². The number of rotatable bonds is 6. The van der Waals surface area contributed by atoms with Crippen molar-refractivity contribution in [2.45, 2.75) is 31.8 Å². The Labute approximate surface area is 109 Å². The quantitative estimate of drug-likeness (QED) is 0.875. The maximum absolute atomic E-state index is 10.6. The highest BCUT2D eigenvalue weighted by Gasteiger charge is 2.29. The highest BCUT2D eigenvalue weighted by atomic mass is 79.9. The number of carboxylic acids is 1. The van der Waals surface area contributed by atoms with Crippen LogP contribution in [0, 0.1) is 0 Å². The molecule has 1 aromatic heterocycles. The van der Waals surface area contributed by atoms with Crippen LogP contribution in [0.5, 0.6) is 0 Å². The molecule has 4 nitrogen and oxygen atoms in total. The van der Waals surface area contributed by atoms with Crippen LogP contribution in [0.25, 0.3) is 0 Å². The molecular formula is C12H15BrN2O2. The molecule has 2 rings (SSSR count). The van der Waals surface area contributed by atoms with Gasteiger partial charge in [-0.3, -0.25) is 14.7 Å². The van der Waals surface area contributed by atoms with Gasteiger partial charge in [-0.25, -0.2) is 0 Å². The van der Waals surface area contributed by atoms with E-state index in [-0.39, 0.29) is 6.42 Å². The third-order valence-electron chi connectivity index (χ3n) is 2.82. The van der Waals surface area contributed by atoms with Crippen molar-refractivity contribution in [2.75, 3.05) is 6.54 Å². The molecule has 1 N–H and O–H groups in total.